The Kier molecular flexibility index (Phi) is 3.41. The monoisotopic (exact) mass is 296 g/mol. The summed E-state index contributed by atoms with van der Waals surface area (Å²) < 4.78 is 1.58. The van der Waals surface area contributed by atoms with Crippen molar-refractivity contribution in [2.45, 2.75) is 25.7 Å². The lowest BCUT2D eigenvalue weighted by molar-refractivity contribution is 0.850. The molecular formula is C17H20N4O. The summed E-state index contributed by atoms with van der Waals surface area (Å²) in [6.07, 6.45) is 8.53. The lowest BCUT2D eigenvalue weighted by atomic mass is 10.3. The van der Waals surface area contributed by atoms with Crippen molar-refractivity contribution in [3.63, 3.8) is 0 Å². The number of hydrogen-bond donors (Lipinski definition) is 1. The molecule has 2 saturated carbocycles. The molecule has 22 heavy (non-hydrogen) atoms. The Bertz CT molecular complexity index is 772. The summed E-state index contributed by atoms with van der Waals surface area (Å²) in [5.41, 5.74) is 1.19. The van der Waals surface area contributed by atoms with Gasteiger partial charge in [-0.15, -0.1) is 0 Å². The van der Waals surface area contributed by atoms with Crippen molar-refractivity contribution in [2.24, 2.45) is 16.8 Å². The molecule has 0 aromatic carbocycles. The Morgan fingerprint density at radius 2 is 2.09 bits per heavy atom. The van der Waals surface area contributed by atoms with Crippen LogP contribution in [0, 0.1) is 11.8 Å². The van der Waals surface area contributed by atoms with Crippen LogP contribution < -0.4 is 10.9 Å². The largest absolute Gasteiger partial charge is 0.369 e. The third kappa shape index (κ3) is 2.89. The second kappa shape index (κ2) is 5.55. The minimum Gasteiger partial charge on any atom is -0.369 e. The average Bonchev–Trinajstić information content (AvgIpc) is 3.42. The number of nitrogens with zero attached hydrogens (tertiary/aromatic N) is 3. The predicted octanol–water partition coefficient (Wildman–Crippen LogP) is 2.35. The van der Waals surface area contributed by atoms with Crippen LogP contribution in [-0.2, 0) is 0 Å². The van der Waals surface area contributed by atoms with E-state index in [-0.39, 0.29) is 5.56 Å². The highest BCUT2D eigenvalue weighted by atomic mass is 16.1. The summed E-state index contributed by atoms with van der Waals surface area (Å²) in [4.78, 5) is 21.8. The Morgan fingerprint density at radius 3 is 2.86 bits per heavy atom. The number of hydrogen-bond acceptors (Lipinski definition) is 4. The van der Waals surface area contributed by atoms with Gasteiger partial charge in [-0.05, 0) is 49.7 Å². The molecular weight excluding hydrogens is 276 g/mol. The van der Waals surface area contributed by atoms with Gasteiger partial charge in [0, 0.05) is 25.5 Å². The molecule has 0 bridgehead atoms. The van der Waals surface area contributed by atoms with E-state index in [1.807, 2.05) is 18.2 Å². The van der Waals surface area contributed by atoms with Gasteiger partial charge in [-0.25, -0.2) is 4.98 Å². The second-order valence-corrected chi connectivity index (χ2v) is 6.37. The molecule has 2 aromatic heterocycles. The van der Waals surface area contributed by atoms with Crippen molar-refractivity contribution < 1.29 is 0 Å². The van der Waals surface area contributed by atoms with E-state index in [4.69, 9.17) is 0 Å². The molecule has 2 aromatic rings. The lowest BCUT2D eigenvalue weighted by Crippen LogP contribution is -2.23. The van der Waals surface area contributed by atoms with Crippen LogP contribution in [0.5, 0.6) is 0 Å². The standard InChI is InChI=1S/C17H20N4O/c22-17-14(11-18-9-12-4-5-12)16(19-10-13-6-7-13)20-15-3-1-2-8-21(15)17/h1-3,8,11-13,19H,4-7,9-10H2. The summed E-state index contributed by atoms with van der Waals surface area (Å²) in [5.74, 6) is 2.12. The highest BCUT2D eigenvalue weighted by Crippen LogP contribution is 2.29. The molecule has 0 spiro atoms. The van der Waals surface area contributed by atoms with Gasteiger partial charge in [0.25, 0.3) is 5.56 Å². The lowest BCUT2D eigenvalue weighted by Gasteiger charge is -2.09. The van der Waals surface area contributed by atoms with E-state index in [1.54, 1.807) is 16.8 Å². The fraction of sp³-hybridized carbons (Fsp3) is 0.471. The highest BCUT2D eigenvalue weighted by molar-refractivity contribution is 5.86. The van der Waals surface area contributed by atoms with Crippen LogP contribution in [0.3, 0.4) is 0 Å². The van der Waals surface area contributed by atoms with Gasteiger partial charge in [0.05, 0.1) is 0 Å². The second-order valence-electron chi connectivity index (χ2n) is 6.37. The number of aliphatic imine (C=N–C) groups is 1. The average molecular weight is 296 g/mol. The number of fused-ring (bicyclic) bond motifs is 1. The van der Waals surface area contributed by atoms with E-state index < -0.39 is 0 Å². The molecule has 5 heteroatoms. The van der Waals surface area contributed by atoms with Gasteiger partial charge in [-0.2, -0.15) is 0 Å². The third-order valence-electron chi connectivity index (χ3n) is 4.31. The van der Waals surface area contributed by atoms with E-state index in [2.05, 4.69) is 15.3 Å². The number of anilines is 1. The first-order valence-corrected chi connectivity index (χ1v) is 8.06. The summed E-state index contributed by atoms with van der Waals surface area (Å²) in [6, 6.07) is 5.60. The Hall–Kier alpha value is -2.17. The molecule has 0 aliphatic heterocycles. The van der Waals surface area contributed by atoms with E-state index >= 15 is 0 Å². The van der Waals surface area contributed by atoms with Gasteiger partial charge in [0.15, 0.2) is 0 Å². The fourth-order valence-corrected chi connectivity index (χ4v) is 2.51. The molecule has 2 heterocycles. The van der Waals surface area contributed by atoms with Gasteiger partial charge < -0.3 is 5.32 Å². The minimum absolute atomic E-state index is 0.0524. The summed E-state index contributed by atoms with van der Waals surface area (Å²) >= 11 is 0. The van der Waals surface area contributed by atoms with E-state index in [0.717, 1.165) is 24.9 Å². The topological polar surface area (TPSA) is 58.8 Å². The van der Waals surface area contributed by atoms with Crippen LogP contribution >= 0.6 is 0 Å². The van der Waals surface area contributed by atoms with Crippen molar-refractivity contribution in [3.05, 3.63) is 40.3 Å². The van der Waals surface area contributed by atoms with E-state index in [9.17, 15) is 4.79 Å². The molecule has 2 fully saturated rings. The van der Waals surface area contributed by atoms with Crippen LogP contribution in [0.1, 0.15) is 31.2 Å². The zero-order chi connectivity index (χ0) is 14.9. The van der Waals surface area contributed by atoms with Crippen LogP contribution in [0.15, 0.2) is 34.2 Å². The number of aromatic nitrogens is 2. The zero-order valence-corrected chi connectivity index (χ0v) is 12.5. The molecule has 2 aliphatic rings. The molecule has 0 atom stereocenters. The maximum absolute atomic E-state index is 12.7. The molecule has 0 unspecified atom stereocenters. The van der Waals surface area contributed by atoms with Gasteiger partial charge in [0.2, 0.25) is 0 Å². The van der Waals surface area contributed by atoms with Crippen LogP contribution in [0.2, 0.25) is 0 Å². The maximum atomic E-state index is 12.7. The van der Waals surface area contributed by atoms with Gasteiger partial charge >= 0.3 is 0 Å². The molecule has 0 amide bonds. The first-order chi connectivity index (χ1) is 10.8. The van der Waals surface area contributed by atoms with Crippen molar-refractivity contribution >= 4 is 17.7 Å². The summed E-state index contributed by atoms with van der Waals surface area (Å²) in [7, 11) is 0. The van der Waals surface area contributed by atoms with Crippen LogP contribution in [0.4, 0.5) is 5.82 Å². The number of rotatable bonds is 6. The quantitative estimate of drug-likeness (QED) is 0.832. The number of nitrogens with one attached hydrogen (secondary N) is 1. The molecule has 114 valence electrons. The smallest absolute Gasteiger partial charge is 0.268 e. The van der Waals surface area contributed by atoms with E-state index in [1.165, 1.54) is 25.7 Å². The van der Waals surface area contributed by atoms with Crippen molar-refractivity contribution in [1.82, 2.24) is 9.38 Å². The Labute approximate surface area is 129 Å². The normalized spacial score (nSPS) is 18.2. The SMILES string of the molecule is O=c1c(C=NCC2CC2)c(NCC2CC2)nc2ccccn12. The van der Waals surface area contributed by atoms with Crippen molar-refractivity contribution in [1.29, 1.82) is 0 Å². The maximum Gasteiger partial charge on any atom is 0.268 e. The highest BCUT2D eigenvalue weighted by Gasteiger charge is 2.22. The Balaban J connectivity index is 1.70. The minimum atomic E-state index is -0.0524. The first-order valence-electron chi connectivity index (χ1n) is 8.06. The molecule has 4 rings (SSSR count). The fourth-order valence-electron chi connectivity index (χ4n) is 2.51. The van der Waals surface area contributed by atoms with Gasteiger partial charge in [-0.3, -0.25) is 14.2 Å². The predicted molar refractivity (Wildman–Crippen MR) is 87.9 cm³/mol. The molecule has 2 aliphatic carbocycles. The molecule has 0 radical (unpaired) electrons. The molecule has 5 nitrogen and oxygen atoms in total. The summed E-state index contributed by atoms with van der Waals surface area (Å²) in [5, 5.41) is 3.35. The van der Waals surface area contributed by atoms with Crippen LogP contribution in [-0.4, -0.2) is 28.7 Å². The first kappa shape index (κ1) is 13.5. The van der Waals surface area contributed by atoms with Crippen LogP contribution in [0.25, 0.3) is 5.65 Å². The molecule has 0 saturated heterocycles. The zero-order valence-electron chi connectivity index (χ0n) is 12.5. The third-order valence-corrected chi connectivity index (χ3v) is 4.31. The van der Waals surface area contributed by atoms with Gasteiger partial charge in [-0.1, -0.05) is 6.07 Å². The summed E-state index contributed by atoms with van der Waals surface area (Å²) in [6.45, 7) is 1.71. The van der Waals surface area contributed by atoms with Crippen molar-refractivity contribution in [2.75, 3.05) is 18.4 Å². The molecule has 1 N–H and O–H groups in total. The van der Waals surface area contributed by atoms with Gasteiger partial charge in [0.1, 0.15) is 17.0 Å². The van der Waals surface area contributed by atoms with Crippen molar-refractivity contribution in [3.8, 4) is 0 Å². The number of pyridine rings is 1. The van der Waals surface area contributed by atoms with E-state index in [0.29, 0.717) is 17.0 Å². The Morgan fingerprint density at radius 1 is 1.27 bits per heavy atom.